The van der Waals surface area contributed by atoms with E-state index in [4.69, 9.17) is 9.47 Å². The quantitative estimate of drug-likeness (QED) is 0.334. The fourth-order valence-corrected chi connectivity index (χ4v) is 5.72. The topological polar surface area (TPSA) is 52.6 Å². The van der Waals surface area contributed by atoms with Crippen molar-refractivity contribution in [2.24, 2.45) is 35.5 Å². The van der Waals surface area contributed by atoms with Crippen LogP contribution in [0, 0.1) is 35.5 Å². The lowest BCUT2D eigenvalue weighted by atomic mass is 9.86. The van der Waals surface area contributed by atoms with Crippen LogP contribution in [-0.2, 0) is 19.1 Å². The first kappa shape index (κ1) is 20.7. The third-order valence-electron chi connectivity index (χ3n) is 7.07. The van der Waals surface area contributed by atoms with Crippen LogP contribution in [0.25, 0.3) is 0 Å². The summed E-state index contributed by atoms with van der Waals surface area (Å²) in [6.07, 6.45) is 2.26. The number of alkyl halides is 4. The first-order chi connectivity index (χ1) is 13.7. The maximum absolute atomic E-state index is 13.3. The number of rotatable bonds is 8. The van der Waals surface area contributed by atoms with Crippen molar-refractivity contribution in [1.82, 2.24) is 0 Å². The van der Waals surface area contributed by atoms with E-state index in [-0.39, 0.29) is 35.7 Å². The fraction of sp³-hybridized carbons (Fsp3) is 0.810. The largest absolute Gasteiger partial charge is 0.465 e. The lowest BCUT2D eigenvalue weighted by molar-refractivity contribution is -0.165. The van der Waals surface area contributed by atoms with Crippen molar-refractivity contribution in [2.75, 3.05) is 6.61 Å². The molecule has 7 unspecified atom stereocenters. The molecule has 0 aromatic carbocycles. The first-order valence-electron chi connectivity index (χ1n) is 10.4. The highest BCUT2D eigenvalue weighted by molar-refractivity contribution is 5.75. The summed E-state index contributed by atoms with van der Waals surface area (Å²) in [5.41, 5.74) is 0. The van der Waals surface area contributed by atoms with E-state index in [1.807, 2.05) is 0 Å². The zero-order chi connectivity index (χ0) is 20.8. The summed E-state index contributed by atoms with van der Waals surface area (Å²) in [7, 11) is 0. The predicted octanol–water partition coefficient (Wildman–Crippen LogP) is 4.38. The van der Waals surface area contributed by atoms with Crippen LogP contribution >= 0.6 is 0 Å². The number of hydrogen-bond donors (Lipinski definition) is 0. The van der Waals surface area contributed by atoms with Crippen molar-refractivity contribution >= 4 is 11.9 Å². The van der Waals surface area contributed by atoms with Crippen LogP contribution in [0.1, 0.15) is 44.9 Å². The molecule has 0 amide bonds. The molecular weight excluding hydrogens is 392 g/mol. The number of hydrogen-bond acceptors (Lipinski definition) is 4. The Balaban J connectivity index is 1.26. The molecule has 0 aliphatic heterocycles. The van der Waals surface area contributed by atoms with Crippen LogP contribution in [0.2, 0.25) is 0 Å². The molecule has 4 nitrogen and oxygen atoms in total. The van der Waals surface area contributed by atoms with Crippen LogP contribution in [0.4, 0.5) is 17.6 Å². The first-order valence-corrected chi connectivity index (χ1v) is 10.4. The molecule has 8 heteroatoms. The van der Waals surface area contributed by atoms with Crippen molar-refractivity contribution in [2.45, 2.75) is 63.4 Å². The van der Waals surface area contributed by atoms with Gasteiger partial charge in [-0.15, -0.1) is 0 Å². The SMILES string of the molecule is O=C(OC1CC2CC(C(=O)OCCC(F)(F)CC(F)F)C1C2)C1CC2C=CC1C2. The van der Waals surface area contributed by atoms with Gasteiger partial charge in [0.25, 0.3) is 5.92 Å². The number of fused-ring (bicyclic) bond motifs is 4. The molecule has 4 aliphatic rings. The molecule has 29 heavy (non-hydrogen) atoms. The summed E-state index contributed by atoms with van der Waals surface area (Å²) in [6, 6.07) is 0. The molecule has 7 atom stereocenters. The van der Waals surface area contributed by atoms with Crippen molar-refractivity contribution in [3.05, 3.63) is 12.2 Å². The Kier molecular flexibility index (Phi) is 5.64. The number of halogens is 4. The lowest BCUT2D eigenvalue weighted by Crippen LogP contribution is -2.36. The van der Waals surface area contributed by atoms with Crippen LogP contribution in [0.15, 0.2) is 12.2 Å². The molecule has 0 aromatic rings. The minimum absolute atomic E-state index is 0.105. The molecule has 4 bridgehead atoms. The van der Waals surface area contributed by atoms with Gasteiger partial charge in [0.15, 0.2) is 0 Å². The van der Waals surface area contributed by atoms with Crippen molar-refractivity contribution in [3.63, 3.8) is 0 Å². The second-order valence-corrected chi connectivity index (χ2v) is 9.07. The summed E-state index contributed by atoms with van der Waals surface area (Å²) in [4.78, 5) is 25.0. The summed E-state index contributed by atoms with van der Waals surface area (Å²) < 4.78 is 61.7. The monoisotopic (exact) mass is 418 g/mol. The van der Waals surface area contributed by atoms with Crippen molar-refractivity contribution in [3.8, 4) is 0 Å². The number of ether oxygens (including phenoxy) is 2. The smallest absolute Gasteiger partial charge is 0.309 e. The highest BCUT2D eigenvalue weighted by Gasteiger charge is 2.52. The van der Waals surface area contributed by atoms with E-state index in [9.17, 15) is 27.2 Å². The van der Waals surface area contributed by atoms with E-state index < -0.39 is 43.7 Å². The Morgan fingerprint density at radius 3 is 2.41 bits per heavy atom. The average molecular weight is 418 g/mol. The standard InChI is InChI=1S/C21H26F4O4/c22-18(23)10-21(24,25)3-4-28-19(26)16-8-12-7-15(16)17(9-12)29-20(27)14-6-11-1-2-13(14)5-11/h1-2,11-18H,3-10H2. The zero-order valence-electron chi connectivity index (χ0n) is 16.1. The molecule has 0 saturated heterocycles. The van der Waals surface area contributed by atoms with E-state index in [1.165, 1.54) is 0 Å². The van der Waals surface area contributed by atoms with Crippen LogP contribution in [-0.4, -0.2) is 37.0 Å². The third kappa shape index (κ3) is 4.45. The number of esters is 2. The molecule has 0 heterocycles. The number of carbonyl (C=O) groups is 2. The summed E-state index contributed by atoms with van der Waals surface area (Å²) in [6.45, 7) is -0.589. The molecule has 4 rings (SSSR count). The minimum atomic E-state index is -3.56. The fourth-order valence-electron chi connectivity index (χ4n) is 5.72. The van der Waals surface area contributed by atoms with Gasteiger partial charge in [-0.3, -0.25) is 9.59 Å². The zero-order valence-corrected chi connectivity index (χ0v) is 16.1. The summed E-state index contributed by atoms with van der Waals surface area (Å²) in [5, 5.41) is 0. The second kappa shape index (κ2) is 7.91. The number of allylic oxidation sites excluding steroid dienone is 2. The maximum atomic E-state index is 13.3. The Hall–Kier alpha value is -1.60. The van der Waals surface area contributed by atoms with E-state index in [1.54, 1.807) is 0 Å². The molecule has 0 radical (unpaired) electrons. The van der Waals surface area contributed by atoms with E-state index in [0.717, 1.165) is 25.7 Å². The maximum Gasteiger partial charge on any atom is 0.309 e. The van der Waals surface area contributed by atoms with Gasteiger partial charge in [-0.1, -0.05) is 12.2 Å². The minimum Gasteiger partial charge on any atom is -0.465 e. The Morgan fingerprint density at radius 1 is 1.00 bits per heavy atom. The molecular formula is C21H26F4O4. The average Bonchev–Trinajstić information content (AvgIpc) is 3.40. The van der Waals surface area contributed by atoms with E-state index in [2.05, 4.69) is 12.2 Å². The van der Waals surface area contributed by atoms with Crippen LogP contribution < -0.4 is 0 Å². The lowest BCUT2D eigenvalue weighted by Gasteiger charge is -2.29. The third-order valence-corrected chi connectivity index (χ3v) is 7.07. The van der Waals surface area contributed by atoms with Crippen molar-refractivity contribution in [1.29, 1.82) is 0 Å². The Labute approximate surface area is 167 Å². The molecule has 162 valence electrons. The normalized spacial score (nSPS) is 37.5. The van der Waals surface area contributed by atoms with E-state index in [0.29, 0.717) is 12.3 Å². The summed E-state index contributed by atoms with van der Waals surface area (Å²) in [5.74, 6) is -4.10. The van der Waals surface area contributed by atoms with Gasteiger partial charge in [0.1, 0.15) is 6.10 Å². The van der Waals surface area contributed by atoms with Gasteiger partial charge < -0.3 is 9.47 Å². The highest BCUT2D eigenvalue weighted by Crippen LogP contribution is 2.51. The van der Waals surface area contributed by atoms with Gasteiger partial charge in [0.05, 0.1) is 24.9 Å². The molecule has 3 saturated carbocycles. The molecule has 0 spiro atoms. The number of carbonyl (C=O) groups excluding carboxylic acids is 2. The van der Waals surface area contributed by atoms with Gasteiger partial charge in [-0.2, -0.15) is 0 Å². The van der Waals surface area contributed by atoms with Gasteiger partial charge in [0, 0.05) is 12.3 Å². The Morgan fingerprint density at radius 2 is 1.79 bits per heavy atom. The summed E-state index contributed by atoms with van der Waals surface area (Å²) >= 11 is 0. The van der Waals surface area contributed by atoms with Crippen LogP contribution in [0.5, 0.6) is 0 Å². The predicted molar refractivity (Wildman–Crippen MR) is 94.2 cm³/mol. The highest BCUT2D eigenvalue weighted by atomic mass is 19.3. The van der Waals surface area contributed by atoms with Gasteiger partial charge >= 0.3 is 11.9 Å². The van der Waals surface area contributed by atoms with Gasteiger partial charge in [-0.05, 0) is 49.9 Å². The molecule has 0 N–H and O–H groups in total. The van der Waals surface area contributed by atoms with E-state index >= 15 is 0 Å². The van der Waals surface area contributed by atoms with Gasteiger partial charge in [0.2, 0.25) is 6.43 Å². The second-order valence-electron chi connectivity index (χ2n) is 9.07. The van der Waals surface area contributed by atoms with Crippen molar-refractivity contribution < 1.29 is 36.6 Å². The van der Waals surface area contributed by atoms with Crippen LogP contribution in [0.3, 0.4) is 0 Å². The Bertz CT molecular complexity index is 680. The molecule has 3 fully saturated rings. The molecule has 4 aliphatic carbocycles. The molecule has 0 aromatic heterocycles. The van der Waals surface area contributed by atoms with Gasteiger partial charge in [-0.25, -0.2) is 17.6 Å².